The van der Waals surface area contributed by atoms with E-state index in [1.807, 2.05) is 31.2 Å². The number of hydrogen-bond acceptors (Lipinski definition) is 3. The molecule has 1 aromatic heterocycles. The van der Waals surface area contributed by atoms with Gasteiger partial charge in [0.2, 0.25) is 0 Å². The van der Waals surface area contributed by atoms with Crippen molar-refractivity contribution >= 4 is 10.8 Å². The first-order chi connectivity index (χ1) is 7.84. The van der Waals surface area contributed by atoms with Crippen LogP contribution in [0.15, 0.2) is 42.5 Å². The molecule has 0 saturated heterocycles. The van der Waals surface area contributed by atoms with Crippen LogP contribution >= 0.6 is 0 Å². The second-order valence-electron chi connectivity index (χ2n) is 3.62. The summed E-state index contributed by atoms with van der Waals surface area (Å²) in [6, 6.07) is 14.2. The van der Waals surface area contributed by atoms with Crippen LogP contribution < -0.4 is 0 Å². The Hall–Kier alpha value is -2.23. The summed E-state index contributed by atoms with van der Waals surface area (Å²) < 4.78 is 0. The highest BCUT2D eigenvalue weighted by Gasteiger charge is 2.04. The Morgan fingerprint density at radius 3 is 2.62 bits per heavy atom. The van der Waals surface area contributed by atoms with Gasteiger partial charge in [-0.3, -0.25) is 0 Å². The zero-order valence-corrected chi connectivity index (χ0v) is 8.83. The summed E-state index contributed by atoms with van der Waals surface area (Å²) >= 11 is 0. The molecular weight excluding hydrogens is 200 g/mol. The van der Waals surface area contributed by atoms with Crippen molar-refractivity contribution in [2.45, 2.75) is 6.92 Å². The second kappa shape index (κ2) is 3.41. The summed E-state index contributed by atoms with van der Waals surface area (Å²) in [7, 11) is 0. The molecule has 78 valence electrons. The summed E-state index contributed by atoms with van der Waals surface area (Å²) in [5.74, 6) is 0.674. The zero-order chi connectivity index (χ0) is 11.0. The van der Waals surface area contributed by atoms with Crippen LogP contribution in [0.1, 0.15) is 5.82 Å². The van der Waals surface area contributed by atoms with Crippen LogP contribution in [0.25, 0.3) is 16.5 Å². The third-order valence-electron chi connectivity index (χ3n) is 2.50. The van der Waals surface area contributed by atoms with E-state index in [0.717, 1.165) is 11.1 Å². The molecule has 0 aliphatic rings. The van der Waals surface area contributed by atoms with Gasteiger partial charge >= 0.3 is 0 Å². The number of fused-ring (bicyclic) bond motifs is 1. The van der Waals surface area contributed by atoms with Crippen molar-refractivity contribution in [2.75, 3.05) is 0 Å². The molecule has 0 radical (unpaired) electrons. The number of aryl methyl sites for hydroxylation is 1. The molecule has 3 aromatic rings. The maximum atomic E-state index is 4.23. The van der Waals surface area contributed by atoms with Gasteiger partial charge in [-0.2, -0.15) is 0 Å². The van der Waals surface area contributed by atoms with Crippen LogP contribution in [0, 0.1) is 6.92 Å². The minimum atomic E-state index is 0.674. The van der Waals surface area contributed by atoms with E-state index in [1.54, 1.807) is 4.80 Å². The fraction of sp³-hybridized carbons (Fsp3) is 0.0833. The number of benzene rings is 2. The minimum absolute atomic E-state index is 0.674. The molecule has 0 amide bonds. The summed E-state index contributed by atoms with van der Waals surface area (Å²) in [5.41, 5.74) is 0.957. The van der Waals surface area contributed by atoms with Crippen LogP contribution in [0.4, 0.5) is 0 Å². The first-order valence-electron chi connectivity index (χ1n) is 5.09. The summed E-state index contributed by atoms with van der Waals surface area (Å²) in [6.45, 7) is 1.83. The van der Waals surface area contributed by atoms with Crippen LogP contribution in [-0.4, -0.2) is 20.2 Å². The SMILES string of the molecule is Cc1nnn(-c2cccc3ccccc23)n1. The van der Waals surface area contributed by atoms with Crippen LogP contribution in [0.5, 0.6) is 0 Å². The first-order valence-corrected chi connectivity index (χ1v) is 5.09. The van der Waals surface area contributed by atoms with Crippen molar-refractivity contribution in [3.8, 4) is 5.69 Å². The molecule has 0 bridgehead atoms. The van der Waals surface area contributed by atoms with E-state index in [9.17, 15) is 0 Å². The van der Waals surface area contributed by atoms with Crippen molar-refractivity contribution < 1.29 is 0 Å². The molecule has 0 unspecified atom stereocenters. The highest BCUT2D eigenvalue weighted by molar-refractivity contribution is 5.89. The van der Waals surface area contributed by atoms with E-state index >= 15 is 0 Å². The lowest BCUT2D eigenvalue weighted by Crippen LogP contribution is -1.99. The zero-order valence-electron chi connectivity index (χ0n) is 8.83. The average molecular weight is 210 g/mol. The predicted octanol–water partition coefficient (Wildman–Crippen LogP) is 2.12. The highest BCUT2D eigenvalue weighted by atomic mass is 15.6. The van der Waals surface area contributed by atoms with E-state index in [4.69, 9.17) is 0 Å². The molecule has 4 heteroatoms. The topological polar surface area (TPSA) is 43.6 Å². The molecule has 0 atom stereocenters. The number of hydrogen-bond donors (Lipinski definition) is 0. The lowest BCUT2D eigenvalue weighted by atomic mass is 10.1. The number of aromatic nitrogens is 4. The molecular formula is C12H10N4. The Morgan fingerprint density at radius 2 is 1.81 bits per heavy atom. The first kappa shape index (κ1) is 9.03. The van der Waals surface area contributed by atoms with Gasteiger partial charge in [0.25, 0.3) is 0 Å². The third-order valence-corrected chi connectivity index (χ3v) is 2.50. The van der Waals surface area contributed by atoms with Gasteiger partial charge in [-0.1, -0.05) is 36.4 Å². The van der Waals surface area contributed by atoms with Gasteiger partial charge in [0.1, 0.15) is 0 Å². The second-order valence-corrected chi connectivity index (χ2v) is 3.62. The largest absolute Gasteiger partial charge is 0.172 e. The van der Waals surface area contributed by atoms with Gasteiger partial charge in [0.05, 0.1) is 5.69 Å². The lowest BCUT2D eigenvalue weighted by molar-refractivity contribution is 0.723. The van der Waals surface area contributed by atoms with Crippen molar-refractivity contribution in [2.24, 2.45) is 0 Å². The smallest absolute Gasteiger partial charge is 0.132 e. The quantitative estimate of drug-likeness (QED) is 0.618. The van der Waals surface area contributed by atoms with Crippen molar-refractivity contribution in [3.05, 3.63) is 48.3 Å². The summed E-state index contributed by atoms with van der Waals surface area (Å²) in [6.07, 6.45) is 0. The van der Waals surface area contributed by atoms with E-state index < -0.39 is 0 Å². The maximum absolute atomic E-state index is 4.23. The maximum Gasteiger partial charge on any atom is 0.172 e. The van der Waals surface area contributed by atoms with Gasteiger partial charge in [0, 0.05) is 5.39 Å². The molecule has 16 heavy (non-hydrogen) atoms. The molecule has 0 aliphatic carbocycles. The standard InChI is InChI=1S/C12H10N4/c1-9-13-15-16(14-9)12-8-4-6-10-5-2-3-7-11(10)12/h2-8H,1H3. The molecule has 0 N–H and O–H groups in total. The van der Waals surface area contributed by atoms with Gasteiger partial charge < -0.3 is 0 Å². The number of nitrogens with zero attached hydrogens (tertiary/aromatic N) is 4. The van der Waals surface area contributed by atoms with Crippen molar-refractivity contribution in [1.29, 1.82) is 0 Å². The van der Waals surface area contributed by atoms with E-state index in [0.29, 0.717) is 5.82 Å². The monoisotopic (exact) mass is 210 g/mol. The van der Waals surface area contributed by atoms with Gasteiger partial charge in [-0.05, 0) is 23.6 Å². The molecule has 2 aromatic carbocycles. The van der Waals surface area contributed by atoms with Crippen molar-refractivity contribution in [3.63, 3.8) is 0 Å². The fourth-order valence-electron chi connectivity index (χ4n) is 1.77. The van der Waals surface area contributed by atoms with Crippen molar-refractivity contribution in [1.82, 2.24) is 20.2 Å². The van der Waals surface area contributed by atoms with E-state index in [2.05, 4.69) is 33.6 Å². The van der Waals surface area contributed by atoms with Gasteiger partial charge in [0.15, 0.2) is 5.82 Å². The molecule has 3 rings (SSSR count). The Bertz CT molecular complexity index is 637. The molecule has 0 fully saturated rings. The minimum Gasteiger partial charge on any atom is -0.132 e. The lowest BCUT2D eigenvalue weighted by Gasteiger charge is -2.03. The number of tetrazole rings is 1. The normalized spacial score (nSPS) is 10.8. The van der Waals surface area contributed by atoms with Crippen LogP contribution in [0.2, 0.25) is 0 Å². The molecule has 1 heterocycles. The van der Waals surface area contributed by atoms with Gasteiger partial charge in [-0.25, -0.2) is 0 Å². The Balaban J connectivity index is 2.31. The summed E-state index contributed by atoms with van der Waals surface area (Å²) in [4.78, 5) is 1.57. The Kier molecular flexibility index (Phi) is 1.93. The predicted molar refractivity (Wildman–Crippen MR) is 61.4 cm³/mol. The molecule has 0 saturated carbocycles. The summed E-state index contributed by atoms with van der Waals surface area (Å²) in [5, 5.41) is 14.4. The van der Waals surface area contributed by atoms with Gasteiger partial charge in [-0.15, -0.1) is 15.0 Å². The highest BCUT2D eigenvalue weighted by Crippen LogP contribution is 2.20. The van der Waals surface area contributed by atoms with E-state index in [1.165, 1.54) is 5.39 Å². The van der Waals surface area contributed by atoms with Crippen LogP contribution in [0.3, 0.4) is 0 Å². The van der Waals surface area contributed by atoms with E-state index in [-0.39, 0.29) is 0 Å². The molecule has 0 spiro atoms. The average Bonchev–Trinajstić information content (AvgIpc) is 2.75. The Morgan fingerprint density at radius 1 is 1.00 bits per heavy atom. The van der Waals surface area contributed by atoms with Crippen LogP contribution in [-0.2, 0) is 0 Å². The number of rotatable bonds is 1. The molecule has 0 aliphatic heterocycles. The fourth-order valence-corrected chi connectivity index (χ4v) is 1.77. The third kappa shape index (κ3) is 1.35. The molecule has 4 nitrogen and oxygen atoms in total. The Labute approximate surface area is 92.5 Å².